The van der Waals surface area contributed by atoms with E-state index in [0.717, 1.165) is 4.31 Å². The molecule has 7 heteroatoms. The summed E-state index contributed by atoms with van der Waals surface area (Å²) in [5.74, 6) is -0.283. The standard InChI is InChI=1S/C18H18N2O4S/c21-13-16-11-15(19-18(22)14-7-3-1-4-8-14)12-20(16)25(23,24)17-9-5-2-6-10-17/h1-10,13,15-16H,11-12H2,(H,19,22)/t15-,16?/m0/s1. The van der Waals surface area contributed by atoms with Crippen molar-refractivity contribution >= 4 is 22.2 Å². The molecule has 3 rings (SSSR count). The molecule has 0 spiro atoms. The zero-order chi connectivity index (χ0) is 17.9. The first-order valence-corrected chi connectivity index (χ1v) is 9.34. The first-order chi connectivity index (χ1) is 12.0. The monoisotopic (exact) mass is 358 g/mol. The van der Waals surface area contributed by atoms with E-state index in [1.165, 1.54) is 12.1 Å². The molecule has 1 aliphatic rings. The van der Waals surface area contributed by atoms with E-state index in [2.05, 4.69) is 5.32 Å². The number of amides is 1. The summed E-state index contributed by atoms with van der Waals surface area (Å²) >= 11 is 0. The Balaban J connectivity index is 1.77. The highest BCUT2D eigenvalue weighted by Gasteiger charge is 2.40. The number of nitrogens with one attached hydrogen (secondary N) is 1. The van der Waals surface area contributed by atoms with Crippen LogP contribution in [0.25, 0.3) is 0 Å². The molecule has 1 heterocycles. The van der Waals surface area contributed by atoms with Crippen molar-refractivity contribution in [1.82, 2.24) is 9.62 Å². The third kappa shape index (κ3) is 3.62. The van der Waals surface area contributed by atoms with Crippen LogP contribution in [-0.4, -0.2) is 43.5 Å². The summed E-state index contributed by atoms with van der Waals surface area (Å²) in [6, 6.07) is 15.5. The van der Waals surface area contributed by atoms with Crippen LogP contribution in [-0.2, 0) is 14.8 Å². The molecule has 1 amide bonds. The predicted molar refractivity (Wildman–Crippen MR) is 92.5 cm³/mol. The number of hydrogen-bond acceptors (Lipinski definition) is 4. The van der Waals surface area contributed by atoms with E-state index in [-0.39, 0.29) is 23.8 Å². The van der Waals surface area contributed by atoms with Crippen molar-refractivity contribution in [2.45, 2.75) is 23.4 Å². The Morgan fingerprint density at radius 1 is 1.04 bits per heavy atom. The van der Waals surface area contributed by atoms with E-state index < -0.39 is 22.1 Å². The summed E-state index contributed by atoms with van der Waals surface area (Å²) in [5.41, 5.74) is 0.495. The van der Waals surface area contributed by atoms with Crippen molar-refractivity contribution in [3.63, 3.8) is 0 Å². The molecule has 0 aromatic heterocycles. The summed E-state index contributed by atoms with van der Waals surface area (Å²) in [6.45, 7) is 0.0687. The first-order valence-electron chi connectivity index (χ1n) is 7.90. The minimum absolute atomic E-state index is 0.0687. The molecule has 1 unspecified atom stereocenters. The normalized spacial score (nSPS) is 21.0. The van der Waals surface area contributed by atoms with Crippen molar-refractivity contribution in [3.05, 3.63) is 66.2 Å². The Bertz CT molecular complexity index is 853. The van der Waals surface area contributed by atoms with Crippen LogP contribution in [0, 0.1) is 0 Å². The smallest absolute Gasteiger partial charge is 0.251 e. The molecule has 0 bridgehead atoms. The lowest BCUT2D eigenvalue weighted by Crippen LogP contribution is -2.39. The molecular weight excluding hydrogens is 340 g/mol. The zero-order valence-electron chi connectivity index (χ0n) is 13.4. The van der Waals surface area contributed by atoms with Gasteiger partial charge in [-0.25, -0.2) is 8.42 Å². The fraction of sp³-hybridized carbons (Fsp3) is 0.222. The topological polar surface area (TPSA) is 83.6 Å². The van der Waals surface area contributed by atoms with E-state index in [1.54, 1.807) is 42.5 Å². The number of nitrogens with zero attached hydrogens (tertiary/aromatic N) is 1. The molecule has 2 aromatic rings. The lowest BCUT2D eigenvalue weighted by molar-refractivity contribution is -0.110. The lowest BCUT2D eigenvalue weighted by atomic mass is 10.1. The van der Waals surface area contributed by atoms with E-state index in [0.29, 0.717) is 11.8 Å². The second-order valence-electron chi connectivity index (χ2n) is 5.86. The van der Waals surface area contributed by atoms with Gasteiger partial charge in [-0.05, 0) is 30.7 Å². The molecule has 2 atom stereocenters. The molecule has 1 aliphatic heterocycles. The second kappa shape index (κ2) is 7.16. The van der Waals surface area contributed by atoms with Gasteiger partial charge in [-0.1, -0.05) is 36.4 Å². The molecule has 25 heavy (non-hydrogen) atoms. The van der Waals surface area contributed by atoms with Gasteiger partial charge in [0.25, 0.3) is 5.91 Å². The van der Waals surface area contributed by atoms with E-state index >= 15 is 0 Å². The van der Waals surface area contributed by atoms with Crippen LogP contribution >= 0.6 is 0 Å². The molecule has 1 saturated heterocycles. The van der Waals surface area contributed by atoms with Gasteiger partial charge in [0.2, 0.25) is 10.0 Å². The molecule has 6 nitrogen and oxygen atoms in total. The Hall–Kier alpha value is -2.51. The van der Waals surface area contributed by atoms with Gasteiger partial charge in [-0.2, -0.15) is 4.31 Å². The van der Waals surface area contributed by atoms with Crippen LogP contribution in [0.2, 0.25) is 0 Å². The largest absolute Gasteiger partial charge is 0.348 e. The number of aldehydes is 1. The number of rotatable bonds is 5. The molecule has 0 radical (unpaired) electrons. The van der Waals surface area contributed by atoms with Gasteiger partial charge in [0, 0.05) is 18.2 Å². The highest BCUT2D eigenvalue weighted by atomic mass is 32.2. The Morgan fingerprint density at radius 2 is 1.64 bits per heavy atom. The number of benzene rings is 2. The lowest BCUT2D eigenvalue weighted by Gasteiger charge is -2.20. The maximum absolute atomic E-state index is 12.8. The van der Waals surface area contributed by atoms with Crippen molar-refractivity contribution in [2.75, 3.05) is 6.54 Å². The van der Waals surface area contributed by atoms with Gasteiger partial charge in [-0.3, -0.25) is 4.79 Å². The summed E-state index contributed by atoms with van der Waals surface area (Å²) in [6.07, 6.45) is 0.878. The number of hydrogen-bond donors (Lipinski definition) is 1. The van der Waals surface area contributed by atoms with Crippen molar-refractivity contribution in [1.29, 1.82) is 0 Å². The van der Waals surface area contributed by atoms with Crippen LogP contribution in [0.15, 0.2) is 65.6 Å². The Kier molecular flexibility index (Phi) is 4.96. The van der Waals surface area contributed by atoms with Gasteiger partial charge in [-0.15, -0.1) is 0 Å². The molecular formula is C18H18N2O4S. The van der Waals surface area contributed by atoms with Crippen LogP contribution in [0.5, 0.6) is 0 Å². The van der Waals surface area contributed by atoms with Gasteiger partial charge in [0.15, 0.2) is 0 Å². The van der Waals surface area contributed by atoms with Gasteiger partial charge >= 0.3 is 0 Å². The molecule has 0 saturated carbocycles. The highest BCUT2D eigenvalue weighted by Crippen LogP contribution is 2.25. The van der Waals surface area contributed by atoms with Crippen LogP contribution in [0.1, 0.15) is 16.8 Å². The molecule has 2 aromatic carbocycles. The third-order valence-corrected chi connectivity index (χ3v) is 6.08. The fourth-order valence-electron chi connectivity index (χ4n) is 2.93. The summed E-state index contributed by atoms with van der Waals surface area (Å²) < 4.78 is 26.7. The van der Waals surface area contributed by atoms with Gasteiger partial charge < -0.3 is 10.1 Å². The average molecular weight is 358 g/mol. The van der Waals surface area contributed by atoms with Crippen LogP contribution < -0.4 is 5.32 Å². The van der Waals surface area contributed by atoms with E-state index in [1.807, 2.05) is 6.07 Å². The number of carbonyl (C=O) groups excluding carboxylic acids is 2. The number of sulfonamides is 1. The first kappa shape index (κ1) is 17.3. The minimum Gasteiger partial charge on any atom is -0.348 e. The van der Waals surface area contributed by atoms with E-state index in [4.69, 9.17) is 0 Å². The summed E-state index contributed by atoms with van der Waals surface area (Å²) in [4.78, 5) is 23.8. The number of carbonyl (C=O) groups is 2. The molecule has 130 valence electrons. The minimum atomic E-state index is -3.78. The molecule has 0 aliphatic carbocycles. The highest BCUT2D eigenvalue weighted by molar-refractivity contribution is 7.89. The maximum atomic E-state index is 12.8. The van der Waals surface area contributed by atoms with Crippen molar-refractivity contribution < 1.29 is 18.0 Å². The van der Waals surface area contributed by atoms with Crippen molar-refractivity contribution in [3.8, 4) is 0 Å². The van der Waals surface area contributed by atoms with Gasteiger partial charge in [0.1, 0.15) is 6.29 Å². The Labute approximate surface area is 146 Å². The van der Waals surface area contributed by atoms with E-state index in [9.17, 15) is 18.0 Å². The predicted octanol–water partition coefficient (Wildman–Crippen LogP) is 1.45. The van der Waals surface area contributed by atoms with Crippen molar-refractivity contribution in [2.24, 2.45) is 0 Å². The fourth-order valence-corrected chi connectivity index (χ4v) is 4.57. The quantitative estimate of drug-likeness (QED) is 0.820. The zero-order valence-corrected chi connectivity index (χ0v) is 14.2. The second-order valence-corrected chi connectivity index (χ2v) is 7.75. The third-order valence-electron chi connectivity index (χ3n) is 4.17. The SMILES string of the molecule is O=CC1C[C@H](NC(=O)c2ccccc2)CN1S(=O)(=O)c1ccccc1. The van der Waals surface area contributed by atoms with Crippen LogP contribution in [0.3, 0.4) is 0 Å². The average Bonchev–Trinajstić information content (AvgIpc) is 3.07. The molecule has 1 fully saturated rings. The molecule has 1 N–H and O–H groups in total. The summed E-state index contributed by atoms with van der Waals surface area (Å²) in [5, 5.41) is 2.81. The van der Waals surface area contributed by atoms with Gasteiger partial charge in [0.05, 0.1) is 10.9 Å². The maximum Gasteiger partial charge on any atom is 0.251 e. The van der Waals surface area contributed by atoms with Crippen LogP contribution in [0.4, 0.5) is 0 Å². The summed E-state index contributed by atoms with van der Waals surface area (Å²) in [7, 11) is -3.78. The Morgan fingerprint density at radius 3 is 2.24 bits per heavy atom.